The lowest BCUT2D eigenvalue weighted by Crippen LogP contribution is -2.56. The van der Waals surface area contributed by atoms with E-state index >= 15 is 0 Å². The first-order chi connectivity index (χ1) is 18.9. The number of thiazole rings is 1. The number of aromatic nitrogens is 1. The number of benzene rings is 2. The summed E-state index contributed by atoms with van der Waals surface area (Å²) in [7, 11) is 0. The molecule has 1 aliphatic rings. The molecule has 9 heteroatoms. The van der Waals surface area contributed by atoms with Crippen LogP contribution in [0.4, 0.5) is 4.79 Å². The van der Waals surface area contributed by atoms with Crippen LogP contribution in [0.2, 0.25) is 0 Å². The first-order valence-electron chi connectivity index (χ1n) is 13.4. The summed E-state index contributed by atoms with van der Waals surface area (Å²) in [5, 5.41) is 8.08. The van der Waals surface area contributed by atoms with Crippen LogP contribution in [0.1, 0.15) is 42.1 Å². The van der Waals surface area contributed by atoms with Gasteiger partial charge in [-0.1, -0.05) is 74.5 Å². The molecule has 206 valence electrons. The van der Waals surface area contributed by atoms with Crippen LogP contribution in [-0.4, -0.2) is 66.0 Å². The fraction of sp³-hybridized carbons (Fsp3) is 0.400. The molecule has 3 aromatic rings. The number of ketones is 1. The van der Waals surface area contributed by atoms with Gasteiger partial charge in [-0.15, -0.1) is 11.3 Å². The van der Waals surface area contributed by atoms with Crippen molar-refractivity contribution in [3.8, 4) is 11.3 Å². The first-order valence-corrected chi connectivity index (χ1v) is 14.3. The van der Waals surface area contributed by atoms with Gasteiger partial charge < -0.3 is 20.3 Å². The summed E-state index contributed by atoms with van der Waals surface area (Å²) in [6.45, 7) is 5.91. The molecule has 0 bridgehead atoms. The van der Waals surface area contributed by atoms with Crippen molar-refractivity contribution in [2.45, 2.75) is 45.2 Å². The van der Waals surface area contributed by atoms with Gasteiger partial charge in [-0.2, -0.15) is 0 Å². The summed E-state index contributed by atoms with van der Waals surface area (Å²) in [6.07, 6.45) is 1.49. The molecule has 8 nitrogen and oxygen atoms in total. The third kappa shape index (κ3) is 8.21. The predicted octanol–water partition coefficient (Wildman–Crippen LogP) is 4.57. The molecule has 0 aliphatic carbocycles. The Kier molecular flexibility index (Phi) is 10.2. The second-order valence-electron chi connectivity index (χ2n) is 10.1. The molecule has 0 saturated carbocycles. The Morgan fingerprint density at radius 2 is 1.62 bits per heavy atom. The molecule has 2 heterocycles. The van der Waals surface area contributed by atoms with Crippen LogP contribution in [0.25, 0.3) is 11.3 Å². The van der Waals surface area contributed by atoms with Crippen molar-refractivity contribution in [1.82, 2.24) is 20.5 Å². The molecule has 1 aliphatic heterocycles. The van der Waals surface area contributed by atoms with Crippen LogP contribution in [0.5, 0.6) is 0 Å². The highest BCUT2D eigenvalue weighted by Crippen LogP contribution is 2.23. The number of hydrogen-bond donors (Lipinski definition) is 2. The maximum atomic E-state index is 13.7. The van der Waals surface area contributed by atoms with Crippen molar-refractivity contribution < 1.29 is 19.1 Å². The molecular weight excluding hydrogens is 512 g/mol. The summed E-state index contributed by atoms with van der Waals surface area (Å²) < 4.78 is 5.34. The van der Waals surface area contributed by atoms with Gasteiger partial charge in [-0.3, -0.25) is 9.59 Å². The average molecular weight is 549 g/mol. The van der Waals surface area contributed by atoms with E-state index in [1.54, 1.807) is 4.90 Å². The van der Waals surface area contributed by atoms with Crippen LogP contribution in [-0.2, 0) is 16.0 Å². The number of ether oxygens (including phenoxy) is 1. The normalized spacial score (nSPS) is 15.0. The number of carbonyl (C=O) groups is 3. The second kappa shape index (κ2) is 14.0. The molecule has 1 saturated heterocycles. The van der Waals surface area contributed by atoms with Gasteiger partial charge in [0.15, 0.2) is 5.01 Å². The highest BCUT2D eigenvalue weighted by Gasteiger charge is 2.30. The molecule has 2 aromatic carbocycles. The Bertz CT molecular complexity index is 1230. The Labute approximate surface area is 233 Å². The molecule has 1 unspecified atom stereocenters. The maximum absolute atomic E-state index is 13.7. The number of amides is 3. The van der Waals surface area contributed by atoms with Crippen molar-refractivity contribution in [3.63, 3.8) is 0 Å². The highest BCUT2D eigenvalue weighted by atomic mass is 32.1. The summed E-state index contributed by atoms with van der Waals surface area (Å²) in [6, 6.07) is 17.7. The third-order valence-corrected chi connectivity index (χ3v) is 7.46. The molecule has 1 aromatic heterocycles. The van der Waals surface area contributed by atoms with Gasteiger partial charge in [0, 0.05) is 24.0 Å². The molecule has 2 atom stereocenters. The topological polar surface area (TPSA) is 101 Å². The zero-order valence-electron chi connectivity index (χ0n) is 22.5. The number of urea groups is 1. The molecule has 39 heavy (non-hydrogen) atoms. The summed E-state index contributed by atoms with van der Waals surface area (Å²) in [5.74, 6) is -0.428. The Balaban J connectivity index is 1.51. The fourth-order valence-electron chi connectivity index (χ4n) is 4.48. The standard InChI is InChI=1S/C30H36N4O4S/c1-21(2)19-25(33-30(37)34-15-17-38-18-16-34)28(36)31-24(14-13-22-9-5-3-6-10-22)27(35)29-32-26(20-39-29)23-11-7-4-8-12-23/h3-12,20-21,24-25H,13-19H2,1-2H3,(H,31,36)(H,33,37)/t24?,25-/m0/s1. The molecule has 3 amide bonds. The monoisotopic (exact) mass is 548 g/mol. The van der Waals surface area contributed by atoms with Crippen molar-refractivity contribution in [2.75, 3.05) is 26.3 Å². The van der Waals surface area contributed by atoms with Gasteiger partial charge in [-0.05, 0) is 30.7 Å². The number of morpholine rings is 1. The van der Waals surface area contributed by atoms with E-state index in [1.807, 2.05) is 79.9 Å². The largest absolute Gasteiger partial charge is 0.378 e. The van der Waals surface area contributed by atoms with E-state index in [-0.39, 0.29) is 23.6 Å². The van der Waals surface area contributed by atoms with Crippen molar-refractivity contribution >= 4 is 29.1 Å². The Morgan fingerprint density at radius 3 is 2.28 bits per heavy atom. The molecule has 0 spiro atoms. The number of nitrogens with zero attached hydrogens (tertiary/aromatic N) is 2. The van der Waals surface area contributed by atoms with Crippen molar-refractivity contribution in [1.29, 1.82) is 0 Å². The summed E-state index contributed by atoms with van der Waals surface area (Å²) >= 11 is 1.28. The number of hydrogen-bond acceptors (Lipinski definition) is 6. The summed E-state index contributed by atoms with van der Waals surface area (Å²) in [4.78, 5) is 46.4. The van der Waals surface area contributed by atoms with Gasteiger partial charge in [0.1, 0.15) is 6.04 Å². The average Bonchev–Trinajstić information content (AvgIpc) is 3.46. The van der Waals surface area contributed by atoms with E-state index in [4.69, 9.17) is 4.74 Å². The van der Waals surface area contributed by atoms with Gasteiger partial charge in [0.05, 0.1) is 24.9 Å². The van der Waals surface area contributed by atoms with E-state index in [0.29, 0.717) is 50.6 Å². The molecule has 2 N–H and O–H groups in total. The first kappa shape index (κ1) is 28.4. The van der Waals surface area contributed by atoms with Crippen LogP contribution in [0.15, 0.2) is 66.0 Å². The number of nitrogens with one attached hydrogen (secondary N) is 2. The molecule has 1 fully saturated rings. The lowest BCUT2D eigenvalue weighted by molar-refractivity contribution is -0.123. The summed E-state index contributed by atoms with van der Waals surface area (Å²) in [5.41, 5.74) is 2.74. The van der Waals surface area contributed by atoms with E-state index < -0.39 is 12.1 Å². The van der Waals surface area contributed by atoms with E-state index in [0.717, 1.165) is 16.8 Å². The third-order valence-electron chi connectivity index (χ3n) is 6.60. The number of Topliss-reactive ketones (excluding diaryl/α,β-unsaturated/α-hetero) is 1. The Morgan fingerprint density at radius 1 is 0.949 bits per heavy atom. The zero-order chi connectivity index (χ0) is 27.6. The Hall–Kier alpha value is -3.56. The lowest BCUT2D eigenvalue weighted by Gasteiger charge is -2.30. The van der Waals surface area contributed by atoms with Crippen molar-refractivity contribution in [3.05, 3.63) is 76.6 Å². The van der Waals surface area contributed by atoms with Gasteiger partial charge >= 0.3 is 6.03 Å². The van der Waals surface area contributed by atoms with E-state index in [9.17, 15) is 14.4 Å². The van der Waals surface area contributed by atoms with Crippen LogP contribution >= 0.6 is 11.3 Å². The minimum atomic E-state index is -0.776. The predicted molar refractivity (Wildman–Crippen MR) is 153 cm³/mol. The number of aryl methyl sites for hydroxylation is 1. The molecule has 0 radical (unpaired) electrons. The zero-order valence-corrected chi connectivity index (χ0v) is 23.3. The molecular formula is C30H36N4O4S. The minimum absolute atomic E-state index is 0.164. The maximum Gasteiger partial charge on any atom is 0.318 e. The number of rotatable bonds is 11. The molecule has 4 rings (SSSR count). The SMILES string of the molecule is CC(C)C[C@H](NC(=O)N1CCOCC1)C(=O)NC(CCc1ccccc1)C(=O)c1nc(-c2ccccc2)cs1. The quantitative estimate of drug-likeness (QED) is 0.342. The van der Waals surface area contributed by atoms with Crippen molar-refractivity contribution in [2.24, 2.45) is 5.92 Å². The smallest absolute Gasteiger partial charge is 0.318 e. The van der Waals surface area contributed by atoms with Crippen LogP contribution in [0.3, 0.4) is 0 Å². The van der Waals surface area contributed by atoms with E-state index in [2.05, 4.69) is 15.6 Å². The van der Waals surface area contributed by atoms with Gasteiger partial charge in [-0.25, -0.2) is 9.78 Å². The highest BCUT2D eigenvalue weighted by molar-refractivity contribution is 7.12. The minimum Gasteiger partial charge on any atom is -0.378 e. The van der Waals surface area contributed by atoms with Gasteiger partial charge in [0.2, 0.25) is 11.7 Å². The number of carbonyl (C=O) groups excluding carboxylic acids is 3. The second-order valence-corrected chi connectivity index (χ2v) is 10.9. The van der Waals surface area contributed by atoms with E-state index in [1.165, 1.54) is 11.3 Å². The van der Waals surface area contributed by atoms with Crippen LogP contribution in [0, 0.1) is 5.92 Å². The fourth-order valence-corrected chi connectivity index (χ4v) is 5.31. The van der Waals surface area contributed by atoms with Gasteiger partial charge in [0.25, 0.3) is 0 Å². The van der Waals surface area contributed by atoms with Crippen LogP contribution < -0.4 is 10.6 Å². The lowest BCUT2D eigenvalue weighted by atomic mass is 9.99.